The molecule has 0 bridgehead atoms. The first-order valence-electron chi connectivity index (χ1n) is 10.2. The number of hydrogen-bond acceptors (Lipinski definition) is 8. The van der Waals surface area contributed by atoms with Gasteiger partial charge in [0.25, 0.3) is 0 Å². The Morgan fingerprint density at radius 1 is 0.618 bits per heavy atom. The van der Waals surface area contributed by atoms with Gasteiger partial charge in [0.2, 0.25) is 17.2 Å². The number of phenolic OH excluding ortho intramolecular Hbond substituents is 6. The Hall–Kier alpha value is -4.85. The van der Waals surface area contributed by atoms with Crippen molar-refractivity contribution in [2.75, 3.05) is 0 Å². The number of furan rings is 1. The molecule has 0 spiro atoms. The van der Waals surface area contributed by atoms with Gasteiger partial charge in [0.1, 0.15) is 5.58 Å². The highest BCUT2D eigenvalue weighted by Crippen LogP contribution is 2.56. The average molecular weight is 458 g/mol. The summed E-state index contributed by atoms with van der Waals surface area (Å²) in [6, 6.07) is 14.9. The molecule has 5 aromatic rings. The zero-order chi connectivity index (χ0) is 24.3. The lowest BCUT2D eigenvalue weighted by molar-refractivity contribution is 0.103. The van der Waals surface area contributed by atoms with E-state index >= 15 is 0 Å². The summed E-state index contributed by atoms with van der Waals surface area (Å²) >= 11 is 0. The van der Waals surface area contributed by atoms with Crippen molar-refractivity contribution in [3.8, 4) is 45.6 Å². The fourth-order valence-corrected chi connectivity index (χ4v) is 4.14. The third kappa shape index (κ3) is 2.82. The van der Waals surface area contributed by atoms with Gasteiger partial charge in [-0.1, -0.05) is 54.6 Å². The molecular formula is C26H18O8. The van der Waals surface area contributed by atoms with E-state index < -0.39 is 34.5 Å². The van der Waals surface area contributed by atoms with Gasteiger partial charge in [-0.2, -0.15) is 0 Å². The summed E-state index contributed by atoms with van der Waals surface area (Å²) < 4.78 is 5.73. The summed E-state index contributed by atoms with van der Waals surface area (Å²) in [6.45, 7) is 1.46. The van der Waals surface area contributed by atoms with Gasteiger partial charge < -0.3 is 35.1 Å². The SMILES string of the molecule is Cc1c(O)c(O)c(-c2ccc(C(=O)c3ccccc3)cc2)c2oc3c(O)c(O)c(O)c(O)c3c12. The van der Waals surface area contributed by atoms with Crippen LogP contribution >= 0.6 is 0 Å². The van der Waals surface area contributed by atoms with Crippen molar-refractivity contribution in [2.24, 2.45) is 0 Å². The molecule has 0 aliphatic carbocycles. The average Bonchev–Trinajstić information content (AvgIpc) is 3.26. The fraction of sp³-hybridized carbons (Fsp3) is 0.0385. The topological polar surface area (TPSA) is 152 Å². The second-order valence-electron chi connectivity index (χ2n) is 7.87. The molecule has 8 nitrogen and oxygen atoms in total. The number of carbonyl (C=O) groups excluding carboxylic acids is 1. The van der Waals surface area contributed by atoms with Crippen molar-refractivity contribution in [1.29, 1.82) is 0 Å². The number of aromatic hydroxyl groups is 6. The van der Waals surface area contributed by atoms with Gasteiger partial charge in [0, 0.05) is 22.1 Å². The van der Waals surface area contributed by atoms with Crippen LogP contribution in [0.2, 0.25) is 0 Å². The molecule has 8 heteroatoms. The van der Waals surface area contributed by atoms with Gasteiger partial charge in [0.15, 0.2) is 28.6 Å². The predicted octanol–water partition coefficient (Wildman–Crippen LogP) is 5.03. The van der Waals surface area contributed by atoms with E-state index in [0.29, 0.717) is 16.7 Å². The van der Waals surface area contributed by atoms with Gasteiger partial charge in [-0.25, -0.2) is 0 Å². The van der Waals surface area contributed by atoms with E-state index in [-0.39, 0.29) is 38.8 Å². The van der Waals surface area contributed by atoms with Crippen molar-refractivity contribution >= 4 is 27.7 Å². The molecule has 0 radical (unpaired) electrons. The molecular weight excluding hydrogens is 440 g/mol. The van der Waals surface area contributed by atoms with Crippen LogP contribution in [0, 0.1) is 6.92 Å². The summed E-state index contributed by atoms with van der Waals surface area (Å²) in [5.41, 5.74) is 1.08. The Kier molecular flexibility index (Phi) is 4.54. The third-order valence-corrected chi connectivity index (χ3v) is 5.92. The summed E-state index contributed by atoms with van der Waals surface area (Å²) in [4.78, 5) is 12.7. The van der Waals surface area contributed by atoms with Crippen LogP contribution in [-0.2, 0) is 0 Å². The number of aryl methyl sites for hydroxylation is 1. The number of hydrogen-bond donors (Lipinski definition) is 6. The lowest BCUT2D eigenvalue weighted by Crippen LogP contribution is -2.00. The lowest BCUT2D eigenvalue weighted by Gasteiger charge is -2.11. The van der Waals surface area contributed by atoms with Crippen molar-refractivity contribution in [3.05, 3.63) is 71.3 Å². The number of phenols is 6. The maximum atomic E-state index is 12.7. The van der Waals surface area contributed by atoms with Gasteiger partial charge in [0.05, 0.1) is 10.9 Å². The van der Waals surface area contributed by atoms with Crippen molar-refractivity contribution in [1.82, 2.24) is 0 Å². The Bertz CT molecular complexity index is 1610. The Balaban J connectivity index is 1.77. The standard InChI is InChI=1S/C26H18O8/c1-11-15-17-21(30)22(31)23(32)24(33)26(17)34-25(15)16(20(29)18(11)27)12-7-9-14(10-8-12)19(28)13-5-3-2-4-6-13/h2-10,27,29-33H,1H3. The van der Waals surface area contributed by atoms with Crippen LogP contribution in [0.25, 0.3) is 33.1 Å². The molecule has 0 saturated heterocycles. The van der Waals surface area contributed by atoms with Crippen LogP contribution in [0.3, 0.4) is 0 Å². The molecule has 34 heavy (non-hydrogen) atoms. The molecule has 0 fully saturated rings. The van der Waals surface area contributed by atoms with Crippen LogP contribution in [-0.4, -0.2) is 36.4 Å². The molecule has 6 N–H and O–H groups in total. The van der Waals surface area contributed by atoms with Crippen LogP contribution in [0.15, 0.2) is 59.0 Å². The highest BCUT2D eigenvalue weighted by molar-refractivity contribution is 6.18. The minimum Gasteiger partial charge on any atom is -0.504 e. The van der Waals surface area contributed by atoms with E-state index in [1.807, 2.05) is 0 Å². The smallest absolute Gasteiger partial charge is 0.208 e. The Morgan fingerprint density at radius 2 is 1.21 bits per heavy atom. The van der Waals surface area contributed by atoms with Gasteiger partial charge >= 0.3 is 0 Å². The summed E-state index contributed by atoms with van der Waals surface area (Å²) in [6.07, 6.45) is 0. The monoisotopic (exact) mass is 458 g/mol. The summed E-state index contributed by atoms with van der Waals surface area (Å²) in [5, 5.41) is 61.9. The molecule has 0 unspecified atom stereocenters. The number of rotatable bonds is 3. The van der Waals surface area contributed by atoms with Crippen LogP contribution in [0.5, 0.6) is 34.5 Å². The first kappa shape index (κ1) is 21.0. The maximum Gasteiger partial charge on any atom is 0.208 e. The third-order valence-electron chi connectivity index (χ3n) is 5.92. The quantitative estimate of drug-likeness (QED) is 0.125. The van der Waals surface area contributed by atoms with E-state index in [9.17, 15) is 35.4 Å². The molecule has 0 aliphatic rings. The lowest BCUT2D eigenvalue weighted by atomic mass is 9.95. The minimum absolute atomic E-state index is 0.0134. The van der Waals surface area contributed by atoms with Gasteiger partial charge in [-0.3, -0.25) is 4.79 Å². The van der Waals surface area contributed by atoms with Gasteiger partial charge in [-0.05, 0) is 12.5 Å². The van der Waals surface area contributed by atoms with Crippen molar-refractivity contribution in [2.45, 2.75) is 6.92 Å². The maximum absolute atomic E-state index is 12.7. The first-order valence-corrected chi connectivity index (χ1v) is 10.2. The Labute approximate surface area is 191 Å². The molecule has 4 aromatic carbocycles. The second-order valence-corrected chi connectivity index (χ2v) is 7.87. The largest absolute Gasteiger partial charge is 0.504 e. The number of ketones is 1. The molecule has 1 heterocycles. The molecule has 0 atom stereocenters. The number of benzene rings is 4. The van der Waals surface area contributed by atoms with E-state index in [1.165, 1.54) is 6.92 Å². The second kappa shape index (κ2) is 7.35. The predicted molar refractivity (Wildman–Crippen MR) is 124 cm³/mol. The van der Waals surface area contributed by atoms with E-state index in [4.69, 9.17) is 4.42 Å². The first-order chi connectivity index (χ1) is 16.2. The summed E-state index contributed by atoms with van der Waals surface area (Å²) in [7, 11) is 0. The molecule has 0 aliphatic heterocycles. The fourth-order valence-electron chi connectivity index (χ4n) is 4.14. The zero-order valence-corrected chi connectivity index (χ0v) is 17.7. The highest BCUT2D eigenvalue weighted by Gasteiger charge is 2.29. The molecule has 170 valence electrons. The van der Waals surface area contributed by atoms with Gasteiger partial charge in [-0.15, -0.1) is 0 Å². The Morgan fingerprint density at radius 3 is 1.85 bits per heavy atom. The molecule has 1 aromatic heterocycles. The van der Waals surface area contributed by atoms with E-state index in [2.05, 4.69) is 0 Å². The normalized spacial score (nSPS) is 11.3. The minimum atomic E-state index is -0.972. The van der Waals surface area contributed by atoms with E-state index in [1.54, 1.807) is 54.6 Å². The number of fused-ring (bicyclic) bond motifs is 3. The summed E-state index contributed by atoms with van der Waals surface area (Å²) in [5.74, 6) is -4.70. The van der Waals surface area contributed by atoms with Crippen molar-refractivity contribution in [3.63, 3.8) is 0 Å². The number of carbonyl (C=O) groups is 1. The zero-order valence-electron chi connectivity index (χ0n) is 17.7. The van der Waals surface area contributed by atoms with Crippen LogP contribution < -0.4 is 0 Å². The molecule has 0 saturated carbocycles. The van der Waals surface area contributed by atoms with Crippen LogP contribution in [0.4, 0.5) is 0 Å². The van der Waals surface area contributed by atoms with Crippen LogP contribution in [0.1, 0.15) is 21.5 Å². The van der Waals surface area contributed by atoms with E-state index in [0.717, 1.165) is 0 Å². The molecule has 5 rings (SSSR count). The van der Waals surface area contributed by atoms with Crippen molar-refractivity contribution < 1.29 is 39.9 Å². The molecule has 0 amide bonds. The highest BCUT2D eigenvalue weighted by atomic mass is 16.4.